The van der Waals surface area contributed by atoms with Gasteiger partial charge in [-0.3, -0.25) is 0 Å². The maximum absolute atomic E-state index is 12.9. The number of rotatable bonds is 8. The van der Waals surface area contributed by atoms with Gasteiger partial charge in [0.05, 0.1) is 21.0 Å². The van der Waals surface area contributed by atoms with Gasteiger partial charge in [0.1, 0.15) is 18.2 Å². The molecule has 2 bridgehead atoms. The fraction of sp³-hybridized carbons (Fsp3) is 0.583. The van der Waals surface area contributed by atoms with Crippen molar-refractivity contribution in [2.45, 2.75) is 91.9 Å². The minimum absolute atomic E-state index is 0.00681. The zero-order chi connectivity index (χ0) is 24.4. The summed E-state index contributed by atoms with van der Waals surface area (Å²) in [5.74, 6) is 1.24. The van der Waals surface area contributed by atoms with E-state index in [0.717, 1.165) is 38.5 Å². The summed E-state index contributed by atoms with van der Waals surface area (Å²) in [6.45, 7) is 1.82. The number of benzene rings is 1. The fourth-order valence-corrected chi connectivity index (χ4v) is 9.26. The number of hydrogen-bond acceptors (Lipinski definition) is 8. The molecule has 188 valence electrons. The Balaban J connectivity index is 1.14. The fourth-order valence-electron chi connectivity index (χ4n) is 5.31. The van der Waals surface area contributed by atoms with Crippen molar-refractivity contribution in [2.75, 3.05) is 0 Å². The van der Waals surface area contributed by atoms with Crippen molar-refractivity contribution in [3.63, 3.8) is 0 Å². The van der Waals surface area contributed by atoms with Crippen LogP contribution in [0.1, 0.15) is 56.9 Å². The number of nitrogens with zero attached hydrogens (tertiary/aromatic N) is 3. The van der Waals surface area contributed by atoms with Crippen molar-refractivity contribution in [1.29, 1.82) is 0 Å². The molecule has 2 unspecified atom stereocenters. The van der Waals surface area contributed by atoms with Gasteiger partial charge in [-0.05, 0) is 69.7 Å². The van der Waals surface area contributed by atoms with Crippen LogP contribution in [-0.2, 0) is 19.9 Å². The average molecular weight is 520 g/mol. The highest BCUT2D eigenvalue weighted by Gasteiger charge is 2.52. The Kier molecular flexibility index (Phi) is 5.57. The number of sulfone groups is 1. The SMILES string of the molecule is Cc1c(Oc2ccc(S(=O)(=O)C3CC3)cc2)ncnc1OC1CC2CCC(C1)N2S(=O)(=O)C1CC1. The normalized spacial score (nSPS) is 27.1. The van der Waals surface area contributed by atoms with Gasteiger partial charge in [-0.1, -0.05) is 0 Å². The summed E-state index contributed by atoms with van der Waals surface area (Å²) in [6.07, 6.45) is 7.32. The standard InChI is InChI=1S/C24H29N3O6S2/c1-15-23(32-18-4-6-20(7-5-18)34(28,29)21-8-9-21)25-14-26-24(15)33-19-12-16-2-3-17(13-19)27(16)35(30,31)22-10-11-22/h4-7,14,16-17,19,21-22H,2-3,8-13H2,1H3. The maximum Gasteiger partial charge on any atom is 0.229 e. The monoisotopic (exact) mass is 519 g/mol. The van der Waals surface area contributed by atoms with E-state index in [4.69, 9.17) is 9.47 Å². The molecule has 4 aliphatic rings. The van der Waals surface area contributed by atoms with Crippen molar-refractivity contribution >= 4 is 19.9 Å². The highest BCUT2D eigenvalue weighted by molar-refractivity contribution is 7.92. The van der Waals surface area contributed by atoms with E-state index in [1.54, 1.807) is 28.6 Å². The first-order valence-corrected chi connectivity index (χ1v) is 15.3. The molecule has 11 heteroatoms. The van der Waals surface area contributed by atoms with Gasteiger partial charge < -0.3 is 9.47 Å². The summed E-state index contributed by atoms with van der Waals surface area (Å²) in [5, 5.41) is -0.441. The van der Waals surface area contributed by atoms with E-state index < -0.39 is 19.9 Å². The molecule has 6 rings (SSSR count). The lowest BCUT2D eigenvalue weighted by molar-refractivity contribution is 0.0906. The molecule has 4 fully saturated rings. The van der Waals surface area contributed by atoms with Crippen LogP contribution in [0.3, 0.4) is 0 Å². The van der Waals surface area contributed by atoms with Crippen LogP contribution in [0.5, 0.6) is 17.5 Å². The van der Waals surface area contributed by atoms with Crippen molar-refractivity contribution in [3.05, 3.63) is 36.2 Å². The Morgan fingerprint density at radius 2 is 1.43 bits per heavy atom. The number of piperidine rings is 1. The van der Waals surface area contributed by atoms with E-state index in [0.29, 0.717) is 40.8 Å². The summed E-state index contributed by atoms with van der Waals surface area (Å²) in [6, 6.07) is 6.38. The van der Waals surface area contributed by atoms with Gasteiger partial charge in [0, 0.05) is 24.9 Å². The molecule has 1 aromatic carbocycles. The molecule has 2 saturated heterocycles. The molecule has 0 amide bonds. The van der Waals surface area contributed by atoms with Crippen molar-refractivity contribution in [3.8, 4) is 17.5 Å². The van der Waals surface area contributed by atoms with Gasteiger partial charge in [0.2, 0.25) is 21.8 Å². The Hall–Kier alpha value is -2.24. The summed E-state index contributed by atoms with van der Waals surface area (Å²) < 4.78 is 64.5. The van der Waals surface area contributed by atoms with Gasteiger partial charge in [-0.2, -0.15) is 4.31 Å². The highest BCUT2D eigenvalue weighted by Crippen LogP contribution is 2.44. The summed E-state index contributed by atoms with van der Waals surface area (Å²) in [4.78, 5) is 8.84. The Morgan fingerprint density at radius 3 is 2.03 bits per heavy atom. The number of hydrogen-bond donors (Lipinski definition) is 0. The first-order chi connectivity index (χ1) is 16.7. The minimum Gasteiger partial charge on any atom is -0.474 e. The van der Waals surface area contributed by atoms with Crippen molar-refractivity contribution < 1.29 is 26.3 Å². The molecule has 0 N–H and O–H groups in total. The molecule has 3 heterocycles. The maximum atomic E-state index is 12.9. The smallest absolute Gasteiger partial charge is 0.229 e. The molecule has 0 radical (unpaired) electrons. The lowest BCUT2D eigenvalue weighted by Crippen LogP contribution is -2.50. The van der Waals surface area contributed by atoms with Gasteiger partial charge in [-0.15, -0.1) is 0 Å². The summed E-state index contributed by atoms with van der Waals surface area (Å²) in [7, 11) is -6.44. The second-order valence-corrected chi connectivity index (χ2v) is 14.4. The zero-order valence-corrected chi connectivity index (χ0v) is 21.2. The third-order valence-corrected chi connectivity index (χ3v) is 12.2. The molecule has 2 aliphatic carbocycles. The predicted molar refractivity (Wildman–Crippen MR) is 128 cm³/mol. The van der Waals surface area contributed by atoms with Crippen LogP contribution in [0.2, 0.25) is 0 Å². The molecule has 2 aromatic rings. The third-order valence-electron chi connectivity index (χ3n) is 7.46. The molecular formula is C24H29N3O6S2. The molecule has 1 aromatic heterocycles. The van der Waals surface area contributed by atoms with Gasteiger partial charge in [0.15, 0.2) is 9.84 Å². The third kappa shape index (κ3) is 4.31. The van der Waals surface area contributed by atoms with Crippen LogP contribution in [-0.4, -0.2) is 59.8 Å². The Morgan fingerprint density at radius 1 is 0.829 bits per heavy atom. The van der Waals surface area contributed by atoms with E-state index >= 15 is 0 Å². The lowest BCUT2D eigenvalue weighted by Gasteiger charge is -2.37. The molecular weight excluding hydrogens is 490 g/mol. The van der Waals surface area contributed by atoms with Crippen molar-refractivity contribution in [1.82, 2.24) is 14.3 Å². The average Bonchev–Trinajstić information content (AvgIpc) is 3.73. The van der Waals surface area contributed by atoms with E-state index in [1.807, 2.05) is 6.92 Å². The van der Waals surface area contributed by atoms with Gasteiger partial charge in [-0.25, -0.2) is 26.8 Å². The lowest BCUT2D eigenvalue weighted by atomic mass is 10.0. The van der Waals surface area contributed by atoms with Crippen LogP contribution in [0.15, 0.2) is 35.5 Å². The quantitative estimate of drug-likeness (QED) is 0.521. The Bertz CT molecular complexity index is 1320. The molecule has 9 nitrogen and oxygen atoms in total. The number of sulfonamides is 1. The van der Waals surface area contributed by atoms with E-state index in [1.165, 1.54) is 6.33 Å². The Labute approximate surface area is 205 Å². The van der Waals surface area contributed by atoms with Crippen LogP contribution >= 0.6 is 0 Å². The van der Waals surface area contributed by atoms with Gasteiger partial charge in [0.25, 0.3) is 0 Å². The van der Waals surface area contributed by atoms with E-state index in [9.17, 15) is 16.8 Å². The van der Waals surface area contributed by atoms with Crippen LogP contribution in [0.25, 0.3) is 0 Å². The molecule has 0 spiro atoms. The minimum atomic E-state index is -3.25. The second-order valence-electron chi connectivity index (χ2n) is 10.1. The predicted octanol–water partition coefficient (Wildman–Crippen LogP) is 3.38. The highest BCUT2D eigenvalue weighted by atomic mass is 32.2. The number of ether oxygens (including phenoxy) is 2. The number of fused-ring (bicyclic) bond motifs is 2. The largest absolute Gasteiger partial charge is 0.474 e. The van der Waals surface area contributed by atoms with Crippen molar-refractivity contribution in [2.24, 2.45) is 0 Å². The molecule has 35 heavy (non-hydrogen) atoms. The first-order valence-electron chi connectivity index (χ1n) is 12.3. The first kappa shape index (κ1) is 23.2. The van der Waals surface area contributed by atoms with E-state index in [2.05, 4.69) is 9.97 Å². The summed E-state index contributed by atoms with van der Waals surface area (Å²) >= 11 is 0. The molecule has 2 saturated carbocycles. The van der Waals surface area contributed by atoms with Crippen LogP contribution in [0, 0.1) is 6.92 Å². The summed E-state index contributed by atoms with van der Waals surface area (Å²) in [5.41, 5.74) is 0.641. The van der Waals surface area contributed by atoms with Gasteiger partial charge >= 0.3 is 0 Å². The van der Waals surface area contributed by atoms with Crippen LogP contribution in [0.4, 0.5) is 0 Å². The molecule has 2 atom stereocenters. The zero-order valence-electron chi connectivity index (χ0n) is 19.5. The van der Waals surface area contributed by atoms with E-state index in [-0.39, 0.29) is 28.7 Å². The second kappa shape index (κ2) is 8.41. The topological polar surface area (TPSA) is 116 Å². The number of aromatic nitrogens is 2. The van der Waals surface area contributed by atoms with Crippen LogP contribution < -0.4 is 9.47 Å². The molecule has 2 aliphatic heterocycles.